The predicted octanol–water partition coefficient (Wildman–Crippen LogP) is 2.85. The van der Waals surface area contributed by atoms with Gasteiger partial charge in [-0.3, -0.25) is 4.79 Å². The third-order valence-electron chi connectivity index (χ3n) is 3.01. The standard InChI is InChI=1S/C16H19Cl2NO5/c1-9(2)6-13(16(22)23-3)19-14(20)8-24-15(21)11-7-10(17)4-5-12(11)18/h4-5,7,9,13H,6,8H2,1-3H3,(H,19,20)/t13-/m1/s1. The smallest absolute Gasteiger partial charge is 0.340 e. The molecular weight excluding hydrogens is 357 g/mol. The van der Waals surface area contributed by atoms with Crippen LogP contribution in [-0.2, 0) is 19.1 Å². The predicted molar refractivity (Wildman–Crippen MR) is 90.1 cm³/mol. The molecule has 24 heavy (non-hydrogen) atoms. The summed E-state index contributed by atoms with van der Waals surface area (Å²) in [7, 11) is 1.24. The van der Waals surface area contributed by atoms with Crippen molar-refractivity contribution in [2.24, 2.45) is 5.92 Å². The summed E-state index contributed by atoms with van der Waals surface area (Å²) in [6.07, 6.45) is 0.409. The minimum Gasteiger partial charge on any atom is -0.467 e. The van der Waals surface area contributed by atoms with E-state index in [1.54, 1.807) is 0 Å². The van der Waals surface area contributed by atoms with Gasteiger partial charge in [0, 0.05) is 5.02 Å². The van der Waals surface area contributed by atoms with Crippen LogP contribution in [-0.4, -0.2) is 37.6 Å². The van der Waals surface area contributed by atoms with Gasteiger partial charge >= 0.3 is 11.9 Å². The van der Waals surface area contributed by atoms with Crippen LogP contribution in [0.15, 0.2) is 18.2 Å². The summed E-state index contributed by atoms with van der Waals surface area (Å²) >= 11 is 11.7. The van der Waals surface area contributed by atoms with Crippen molar-refractivity contribution < 1.29 is 23.9 Å². The molecule has 0 radical (unpaired) electrons. The normalized spacial score (nSPS) is 11.8. The van der Waals surface area contributed by atoms with E-state index in [9.17, 15) is 14.4 Å². The number of esters is 2. The van der Waals surface area contributed by atoms with E-state index in [0.717, 1.165) is 0 Å². The Morgan fingerprint density at radius 3 is 2.46 bits per heavy atom. The van der Waals surface area contributed by atoms with Crippen LogP contribution in [0.4, 0.5) is 0 Å². The Morgan fingerprint density at radius 1 is 1.21 bits per heavy atom. The second-order valence-electron chi connectivity index (χ2n) is 5.47. The zero-order valence-corrected chi connectivity index (χ0v) is 15.1. The van der Waals surface area contributed by atoms with Crippen molar-refractivity contribution in [2.45, 2.75) is 26.3 Å². The molecule has 1 rings (SSSR count). The molecule has 0 saturated carbocycles. The number of hydrogen-bond acceptors (Lipinski definition) is 5. The zero-order chi connectivity index (χ0) is 18.3. The largest absolute Gasteiger partial charge is 0.467 e. The average Bonchev–Trinajstić information content (AvgIpc) is 2.53. The Balaban J connectivity index is 2.62. The number of benzene rings is 1. The van der Waals surface area contributed by atoms with Gasteiger partial charge in [0.2, 0.25) is 0 Å². The molecule has 1 N–H and O–H groups in total. The van der Waals surface area contributed by atoms with Crippen molar-refractivity contribution in [2.75, 3.05) is 13.7 Å². The Labute approximate surface area is 150 Å². The van der Waals surface area contributed by atoms with Crippen LogP contribution in [0.5, 0.6) is 0 Å². The van der Waals surface area contributed by atoms with Crippen molar-refractivity contribution in [3.05, 3.63) is 33.8 Å². The maximum absolute atomic E-state index is 11.9. The molecule has 0 aliphatic heterocycles. The van der Waals surface area contributed by atoms with Gasteiger partial charge < -0.3 is 14.8 Å². The second kappa shape index (κ2) is 9.49. The average molecular weight is 376 g/mol. The van der Waals surface area contributed by atoms with Gasteiger partial charge in [0.1, 0.15) is 6.04 Å². The van der Waals surface area contributed by atoms with Crippen molar-refractivity contribution >= 4 is 41.0 Å². The van der Waals surface area contributed by atoms with Gasteiger partial charge in [-0.15, -0.1) is 0 Å². The number of carbonyl (C=O) groups is 3. The van der Waals surface area contributed by atoms with Crippen molar-refractivity contribution in [1.82, 2.24) is 5.32 Å². The quantitative estimate of drug-likeness (QED) is 0.740. The van der Waals surface area contributed by atoms with Crippen LogP contribution in [0.25, 0.3) is 0 Å². The fourth-order valence-electron chi connectivity index (χ4n) is 1.93. The van der Waals surface area contributed by atoms with Crippen LogP contribution in [0, 0.1) is 5.92 Å². The minimum atomic E-state index is -0.795. The summed E-state index contributed by atoms with van der Waals surface area (Å²) in [5, 5.41) is 2.96. The third kappa shape index (κ3) is 6.37. The lowest BCUT2D eigenvalue weighted by Gasteiger charge is -2.18. The molecule has 0 saturated heterocycles. The number of amides is 1. The lowest BCUT2D eigenvalue weighted by atomic mass is 10.0. The number of carbonyl (C=O) groups excluding carboxylic acids is 3. The second-order valence-corrected chi connectivity index (χ2v) is 6.32. The fraction of sp³-hybridized carbons (Fsp3) is 0.438. The van der Waals surface area contributed by atoms with Gasteiger partial charge in [-0.05, 0) is 30.5 Å². The minimum absolute atomic E-state index is 0.0589. The van der Waals surface area contributed by atoms with Crippen LogP contribution in [0.1, 0.15) is 30.6 Å². The molecule has 0 aliphatic rings. The van der Waals surface area contributed by atoms with Crippen LogP contribution in [0.3, 0.4) is 0 Å². The molecule has 0 heterocycles. The Bertz CT molecular complexity index is 618. The van der Waals surface area contributed by atoms with Crippen LogP contribution >= 0.6 is 23.2 Å². The molecule has 0 aliphatic carbocycles. The number of nitrogens with one attached hydrogen (secondary N) is 1. The fourth-order valence-corrected chi connectivity index (χ4v) is 2.29. The van der Waals surface area contributed by atoms with Crippen LogP contribution < -0.4 is 5.32 Å². The molecule has 0 aromatic heterocycles. The molecule has 0 bridgehead atoms. The van der Waals surface area contributed by atoms with Crippen molar-refractivity contribution in [1.29, 1.82) is 0 Å². The first-order valence-electron chi connectivity index (χ1n) is 7.24. The molecule has 1 atom stereocenters. The number of methoxy groups -OCH3 is 1. The van der Waals surface area contributed by atoms with E-state index < -0.39 is 30.5 Å². The molecule has 6 nitrogen and oxygen atoms in total. The first kappa shape index (κ1) is 20.3. The lowest BCUT2D eigenvalue weighted by Crippen LogP contribution is -2.44. The molecule has 1 amide bonds. The molecule has 1 aromatic carbocycles. The van der Waals surface area contributed by atoms with Crippen molar-refractivity contribution in [3.8, 4) is 0 Å². The molecule has 8 heteroatoms. The highest BCUT2D eigenvalue weighted by molar-refractivity contribution is 6.35. The topological polar surface area (TPSA) is 81.7 Å². The van der Waals surface area contributed by atoms with E-state index in [1.807, 2.05) is 13.8 Å². The summed E-state index contributed by atoms with van der Waals surface area (Å²) in [4.78, 5) is 35.5. The Kier molecular flexibility index (Phi) is 8.01. The highest BCUT2D eigenvalue weighted by atomic mass is 35.5. The molecule has 0 unspecified atom stereocenters. The highest BCUT2D eigenvalue weighted by Crippen LogP contribution is 2.21. The molecule has 0 spiro atoms. The van der Waals surface area contributed by atoms with Gasteiger partial charge in [0.05, 0.1) is 17.7 Å². The summed E-state index contributed by atoms with van der Waals surface area (Å²) in [5.74, 6) is -1.78. The van der Waals surface area contributed by atoms with Gasteiger partial charge in [-0.25, -0.2) is 9.59 Å². The monoisotopic (exact) mass is 375 g/mol. The van der Waals surface area contributed by atoms with Gasteiger partial charge in [-0.1, -0.05) is 37.0 Å². The zero-order valence-electron chi connectivity index (χ0n) is 13.6. The number of rotatable bonds is 7. The Morgan fingerprint density at radius 2 is 1.88 bits per heavy atom. The molecular formula is C16H19Cl2NO5. The molecule has 0 fully saturated rings. The van der Waals surface area contributed by atoms with Gasteiger partial charge in [-0.2, -0.15) is 0 Å². The summed E-state index contributed by atoms with van der Waals surface area (Å²) in [6, 6.07) is 3.53. The SMILES string of the molecule is COC(=O)[C@@H](CC(C)C)NC(=O)COC(=O)c1cc(Cl)ccc1Cl. The molecule has 132 valence electrons. The first-order valence-corrected chi connectivity index (χ1v) is 7.99. The number of hydrogen-bond donors (Lipinski definition) is 1. The number of ether oxygens (including phenoxy) is 2. The number of halogens is 2. The van der Waals surface area contributed by atoms with E-state index in [2.05, 4.69) is 10.1 Å². The van der Waals surface area contributed by atoms with E-state index in [1.165, 1.54) is 25.3 Å². The summed E-state index contributed by atoms with van der Waals surface area (Å²) in [6.45, 7) is 3.26. The maximum Gasteiger partial charge on any atom is 0.340 e. The van der Waals surface area contributed by atoms with E-state index in [4.69, 9.17) is 27.9 Å². The summed E-state index contributed by atoms with van der Waals surface area (Å²) in [5.41, 5.74) is 0.0589. The first-order chi connectivity index (χ1) is 11.2. The lowest BCUT2D eigenvalue weighted by molar-refractivity contribution is -0.145. The van der Waals surface area contributed by atoms with Crippen molar-refractivity contribution in [3.63, 3.8) is 0 Å². The Hall–Kier alpha value is -1.79. The third-order valence-corrected chi connectivity index (χ3v) is 3.58. The maximum atomic E-state index is 11.9. The van der Waals surface area contributed by atoms with Gasteiger partial charge in [0.15, 0.2) is 6.61 Å². The van der Waals surface area contributed by atoms with E-state index in [-0.39, 0.29) is 16.5 Å². The molecule has 1 aromatic rings. The highest BCUT2D eigenvalue weighted by Gasteiger charge is 2.23. The van der Waals surface area contributed by atoms with E-state index in [0.29, 0.717) is 11.4 Å². The van der Waals surface area contributed by atoms with Gasteiger partial charge in [0.25, 0.3) is 5.91 Å². The summed E-state index contributed by atoms with van der Waals surface area (Å²) < 4.78 is 9.54. The van der Waals surface area contributed by atoms with Crippen LogP contribution in [0.2, 0.25) is 10.0 Å². The van der Waals surface area contributed by atoms with E-state index >= 15 is 0 Å².